The van der Waals surface area contributed by atoms with Gasteiger partial charge in [-0.15, -0.1) is 24.0 Å². The summed E-state index contributed by atoms with van der Waals surface area (Å²) in [5, 5.41) is 8.00. The van der Waals surface area contributed by atoms with E-state index in [1.54, 1.807) is 16.7 Å². The quantitative estimate of drug-likeness (QED) is 0.257. The Morgan fingerprint density at radius 1 is 1.15 bits per heavy atom. The van der Waals surface area contributed by atoms with Gasteiger partial charge >= 0.3 is 0 Å². The van der Waals surface area contributed by atoms with Crippen molar-refractivity contribution in [2.75, 3.05) is 13.6 Å². The molecule has 0 amide bonds. The third kappa shape index (κ3) is 7.45. The third-order valence-electron chi connectivity index (χ3n) is 5.27. The van der Waals surface area contributed by atoms with Crippen molar-refractivity contribution in [2.24, 2.45) is 12.0 Å². The van der Waals surface area contributed by atoms with Crippen LogP contribution in [0, 0.1) is 0 Å². The van der Waals surface area contributed by atoms with Crippen LogP contribution >= 0.6 is 24.0 Å². The van der Waals surface area contributed by atoms with Gasteiger partial charge in [-0.05, 0) is 30.0 Å². The molecule has 2 heterocycles. The van der Waals surface area contributed by atoms with E-state index in [9.17, 15) is 4.79 Å². The van der Waals surface area contributed by atoms with Gasteiger partial charge in [0.15, 0.2) is 5.96 Å². The first-order valence-electron chi connectivity index (χ1n) is 11.1. The van der Waals surface area contributed by atoms with Crippen LogP contribution in [0.15, 0.2) is 64.6 Å². The van der Waals surface area contributed by atoms with E-state index in [0.29, 0.717) is 19.0 Å². The lowest BCUT2D eigenvalue weighted by molar-refractivity contribution is 0.473. The number of aliphatic imine (C=N–C) groups is 1. The Morgan fingerprint density at radius 2 is 1.85 bits per heavy atom. The van der Waals surface area contributed by atoms with Gasteiger partial charge in [0.05, 0.1) is 18.8 Å². The molecule has 2 aromatic heterocycles. The Kier molecular flexibility index (Phi) is 10.1. The summed E-state index contributed by atoms with van der Waals surface area (Å²) >= 11 is 0. The number of benzene rings is 1. The van der Waals surface area contributed by atoms with E-state index >= 15 is 0 Å². The Balaban J connectivity index is 0.00000385. The number of aryl methyl sites for hydroxylation is 1. The molecule has 0 aliphatic carbocycles. The van der Waals surface area contributed by atoms with Crippen molar-refractivity contribution >= 4 is 29.9 Å². The van der Waals surface area contributed by atoms with Crippen molar-refractivity contribution in [3.63, 3.8) is 0 Å². The van der Waals surface area contributed by atoms with Crippen LogP contribution < -0.4 is 10.9 Å². The Labute approximate surface area is 213 Å². The summed E-state index contributed by atoms with van der Waals surface area (Å²) in [5.74, 6) is 1.25. The van der Waals surface area contributed by atoms with Crippen LogP contribution in [-0.2, 0) is 26.7 Å². The van der Waals surface area contributed by atoms with Gasteiger partial charge in [-0.3, -0.25) is 9.48 Å². The molecule has 1 N–H and O–H groups in total. The van der Waals surface area contributed by atoms with E-state index in [1.807, 2.05) is 24.0 Å². The van der Waals surface area contributed by atoms with E-state index in [-0.39, 0.29) is 29.5 Å². The van der Waals surface area contributed by atoms with E-state index in [1.165, 1.54) is 5.56 Å². The number of pyridine rings is 1. The van der Waals surface area contributed by atoms with Crippen LogP contribution in [0.1, 0.15) is 49.1 Å². The number of rotatable bonds is 8. The number of hydrogen-bond donors (Lipinski definition) is 1. The molecule has 8 heteroatoms. The lowest BCUT2D eigenvalue weighted by atomic mass is 10.1. The number of hydrogen-bond acceptors (Lipinski definition) is 3. The molecule has 178 valence electrons. The van der Waals surface area contributed by atoms with Crippen molar-refractivity contribution < 1.29 is 0 Å². The minimum Gasteiger partial charge on any atom is -0.357 e. The number of nitrogens with zero attached hydrogens (tertiary/aromatic N) is 5. The SMILES string of the molecule is CCNC(=NCc1ccc(Cn2ccccc2=O)cc1)N(C)Cc1cn(C)nc1C(C)C.I. The minimum atomic E-state index is 0. The zero-order chi connectivity index (χ0) is 23.1. The van der Waals surface area contributed by atoms with Crippen molar-refractivity contribution in [3.8, 4) is 0 Å². The second-order valence-corrected chi connectivity index (χ2v) is 8.38. The molecule has 33 heavy (non-hydrogen) atoms. The summed E-state index contributed by atoms with van der Waals surface area (Å²) in [5.41, 5.74) is 4.57. The molecule has 0 radical (unpaired) electrons. The average molecular weight is 563 g/mol. The van der Waals surface area contributed by atoms with Crippen LogP contribution in [0.25, 0.3) is 0 Å². The van der Waals surface area contributed by atoms with Gasteiger partial charge in [0.2, 0.25) is 0 Å². The van der Waals surface area contributed by atoms with E-state index < -0.39 is 0 Å². The monoisotopic (exact) mass is 562 g/mol. The molecular formula is C25H35IN6O. The van der Waals surface area contributed by atoms with Gasteiger partial charge in [-0.25, -0.2) is 4.99 Å². The summed E-state index contributed by atoms with van der Waals surface area (Å²) in [6, 6.07) is 13.5. The first kappa shape index (κ1) is 26.6. The predicted octanol–water partition coefficient (Wildman–Crippen LogP) is 3.97. The Morgan fingerprint density at radius 3 is 2.48 bits per heavy atom. The summed E-state index contributed by atoms with van der Waals surface area (Å²) in [7, 11) is 4.02. The van der Waals surface area contributed by atoms with E-state index in [0.717, 1.165) is 35.9 Å². The van der Waals surface area contributed by atoms with Crippen molar-refractivity contribution in [1.29, 1.82) is 0 Å². The maximum absolute atomic E-state index is 11.9. The minimum absolute atomic E-state index is 0. The van der Waals surface area contributed by atoms with Crippen LogP contribution in [-0.4, -0.2) is 38.8 Å². The molecule has 0 spiro atoms. The molecular weight excluding hydrogens is 527 g/mol. The molecule has 0 saturated heterocycles. The lowest BCUT2D eigenvalue weighted by Crippen LogP contribution is -2.38. The third-order valence-corrected chi connectivity index (χ3v) is 5.27. The maximum atomic E-state index is 11.9. The van der Waals surface area contributed by atoms with Crippen molar-refractivity contribution in [1.82, 2.24) is 24.6 Å². The van der Waals surface area contributed by atoms with E-state index in [2.05, 4.69) is 73.6 Å². The second kappa shape index (κ2) is 12.6. The summed E-state index contributed by atoms with van der Waals surface area (Å²) in [4.78, 5) is 18.9. The summed E-state index contributed by atoms with van der Waals surface area (Å²) < 4.78 is 3.59. The molecule has 0 atom stereocenters. The predicted molar refractivity (Wildman–Crippen MR) is 145 cm³/mol. The smallest absolute Gasteiger partial charge is 0.250 e. The largest absolute Gasteiger partial charge is 0.357 e. The highest BCUT2D eigenvalue weighted by molar-refractivity contribution is 14.0. The second-order valence-electron chi connectivity index (χ2n) is 8.38. The normalized spacial score (nSPS) is 11.4. The van der Waals surface area contributed by atoms with Crippen LogP contribution in [0.4, 0.5) is 0 Å². The van der Waals surface area contributed by atoms with Crippen LogP contribution in [0.3, 0.4) is 0 Å². The lowest BCUT2D eigenvalue weighted by Gasteiger charge is -2.22. The molecule has 0 unspecified atom stereocenters. The fourth-order valence-electron chi connectivity index (χ4n) is 3.67. The number of aromatic nitrogens is 3. The molecule has 7 nitrogen and oxygen atoms in total. The van der Waals surface area contributed by atoms with Crippen molar-refractivity contribution in [2.45, 2.75) is 46.3 Å². The fraction of sp³-hybridized carbons (Fsp3) is 0.400. The topological polar surface area (TPSA) is 67.5 Å². The number of nitrogens with one attached hydrogen (secondary N) is 1. The molecule has 3 aromatic rings. The summed E-state index contributed by atoms with van der Waals surface area (Å²) in [6.45, 7) is 9.12. The first-order chi connectivity index (χ1) is 15.4. The van der Waals surface area contributed by atoms with Crippen LogP contribution in [0.2, 0.25) is 0 Å². The maximum Gasteiger partial charge on any atom is 0.250 e. The number of halogens is 1. The van der Waals surface area contributed by atoms with Crippen molar-refractivity contribution in [3.05, 3.63) is 87.6 Å². The van der Waals surface area contributed by atoms with Gasteiger partial charge in [-0.1, -0.05) is 44.2 Å². The zero-order valence-corrected chi connectivity index (χ0v) is 22.5. The fourth-order valence-corrected chi connectivity index (χ4v) is 3.67. The Hall–Kier alpha value is -2.62. The van der Waals surface area contributed by atoms with Gasteiger partial charge in [0, 0.05) is 51.2 Å². The Bertz CT molecular complexity index is 1100. The molecule has 3 rings (SSSR count). The summed E-state index contributed by atoms with van der Waals surface area (Å²) in [6.07, 6.45) is 3.90. The standard InChI is InChI=1S/C25H34N6O.HI/c1-6-26-25(29(4)17-22-18-30(5)28-24(22)19(2)3)27-15-20-10-12-21(13-11-20)16-31-14-8-7-9-23(31)32;/h7-14,18-19H,6,15-17H2,1-5H3,(H,26,27);1H. The molecule has 1 aromatic carbocycles. The van der Waals surface area contributed by atoms with E-state index in [4.69, 9.17) is 4.99 Å². The molecule has 0 bridgehead atoms. The molecule has 0 saturated carbocycles. The molecule has 0 aliphatic rings. The highest BCUT2D eigenvalue weighted by Gasteiger charge is 2.15. The van der Waals surface area contributed by atoms with Gasteiger partial charge < -0.3 is 14.8 Å². The molecule has 0 aliphatic heterocycles. The number of guanidine groups is 1. The van der Waals surface area contributed by atoms with Gasteiger partial charge in [0.25, 0.3) is 5.56 Å². The zero-order valence-electron chi connectivity index (χ0n) is 20.2. The highest BCUT2D eigenvalue weighted by Crippen LogP contribution is 2.18. The van der Waals surface area contributed by atoms with Gasteiger partial charge in [0.1, 0.15) is 0 Å². The van der Waals surface area contributed by atoms with Gasteiger partial charge in [-0.2, -0.15) is 5.10 Å². The average Bonchev–Trinajstić information content (AvgIpc) is 3.14. The van der Waals surface area contributed by atoms with Crippen LogP contribution in [0.5, 0.6) is 0 Å². The molecule has 0 fully saturated rings. The first-order valence-corrected chi connectivity index (χ1v) is 11.1. The highest BCUT2D eigenvalue weighted by atomic mass is 127.